The Balaban J connectivity index is 2.11. The standard InChI is InChI=1S/C13H18N4O/c1-4-18-13-12(6-5-7-14-13)15-8-11-9(2)16-17-10(11)3/h5-7,15H,4,8H2,1-3H3,(H,16,17). The third-order valence-electron chi connectivity index (χ3n) is 2.79. The molecule has 0 amide bonds. The highest BCUT2D eigenvalue weighted by Gasteiger charge is 2.08. The van der Waals surface area contributed by atoms with E-state index in [9.17, 15) is 0 Å². The maximum absolute atomic E-state index is 5.47. The minimum atomic E-state index is 0.607. The van der Waals surface area contributed by atoms with Crippen LogP contribution in [0.2, 0.25) is 0 Å². The number of H-pyrrole nitrogens is 1. The third-order valence-corrected chi connectivity index (χ3v) is 2.79. The van der Waals surface area contributed by atoms with Gasteiger partial charge in [-0.1, -0.05) is 0 Å². The van der Waals surface area contributed by atoms with Crippen molar-refractivity contribution in [2.24, 2.45) is 0 Å². The molecule has 0 spiro atoms. The second-order valence-corrected chi connectivity index (χ2v) is 4.06. The summed E-state index contributed by atoms with van der Waals surface area (Å²) >= 11 is 0. The zero-order valence-corrected chi connectivity index (χ0v) is 10.9. The van der Waals surface area contributed by atoms with Crippen molar-refractivity contribution in [1.29, 1.82) is 0 Å². The minimum absolute atomic E-state index is 0.607. The Kier molecular flexibility index (Phi) is 3.82. The quantitative estimate of drug-likeness (QED) is 0.850. The molecule has 0 aromatic carbocycles. The summed E-state index contributed by atoms with van der Waals surface area (Å²) in [5.41, 5.74) is 4.18. The molecule has 0 aliphatic carbocycles. The molecule has 18 heavy (non-hydrogen) atoms. The molecular formula is C13H18N4O. The predicted molar refractivity (Wildman–Crippen MR) is 70.8 cm³/mol. The molecule has 0 aliphatic rings. The van der Waals surface area contributed by atoms with Crippen molar-refractivity contribution in [3.05, 3.63) is 35.3 Å². The van der Waals surface area contributed by atoms with Gasteiger partial charge in [0.2, 0.25) is 5.88 Å². The van der Waals surface area contributed by atoms with Gasteiger partial charge in [0.15, 0.2) is 0 Å². The Hall–Kier alpha value is -2.04. The molecule has 2 rings (SSSR count). The highest BCUT2D eigenvalue weighted by Crippen LogP contribution is 2.22. The van der Waals surface area contributed by atoms with Gasteiger partial charge in [0.1, 0.15) is 0 Å². The van der Waals surface area contributed by atoms with Gasteiger partial charge < -0.3 is 10.1 Å². The zero-order valence-electron chi connectivity index (χ0n) is 10.9. The highest BCUT2D eigenvalue weighted by atomic mass is 16.5. The van der Waals surface area contributed by atoms with Crippen LogP contribution in [0.3, 0.4) is 0 Å². The number of ether oxygens (including phenoxy) is 1. The fraction of sp³-hybridized carbons (Fsp3) is 0.385. The van der Waals surface area contributed by atoms with Crippen molar-refractivity contribution in [1.82, 2.24) is 15.2 Å². The molecule has 0 atom stereocenters. The Bertz CT molecular complexity index is 502. The van der Waals surface area contributed by atoms with Crippen LogP contribution in [0.25, 0.3) is 0 Å². The van der Waals surface area contributed by atoms with E-state index in [1.54, 1.807) is 6.20 Å². The second-order valence-electron chi connectivity index (χ2n) is 4.06. The number of anilines is 1. The van der Waals surface area contributed by atoms with Crippen LogP contribution in [0.5, 0.6) is 5.88 Å². The molecule has 96 valence electrons. The van der Waals surface area contributed by atoms with E-state index in [0.717, 1.165) is 17.1 Å². The van der Waals surface area contributed by atoms with Crippen LogP contribution in [0.4, 0.5) is 5.69 Å². The normalized spacial score (nSPS) is 10.4. The average Bonchev–Trinajstić information content (AvgIpc) is 2.69. The molecular weight excluding hydrogens is 228 g/mol. The SMILES string of the molecule is CCOc1ncccc1NCc1c(C)n[nH]c1C. The zero-order chi connectivity index (χ0) is 13.0. The number of hydrogen-bond donors (Lipinski definition) is 2. The highest BCUT2D eigenvalue weighted by molar-refractivity contribution is 5.52. The van der Waals surface area contributed by atoms with E-state index < -0.39 is 0 Å². The molecule has 0 saturated carbocycles. The summed E-state index contributed by atoms with van der Waals surface area (Å²) < 4.78 is 5.47. The van der Waals surface area contributed by atoms with E-state index in [4.69, 9.17) is 4.74 Å². The topological polar surface area (TPSA) is 62.8 Å². The lowest BCUT2D eigenvalue weighted by Gasteiger charge is -2.11. The minimum Gasteiger partial charge on any atom is -0.476 e. The fourth-order valence-corrected chi connectivity index (χ4v) is 1.80. The molecule has 0 unspecified atom stereocenters. The number of nitrogens with zero attached hydrogens (tertiary/aromatic N) is 2. The summed E-state index contributed by atoms with van der Waals surface area (Å²) in [6.07, 6.45) is 1.73. The lowest BCUT2D eigenvalue weighted by molar-refractivity contribution is 0.328. The van der Waals surface area contributed by atoms with Crippen molar-refractivity contribution >= 4 is 5.69 Å². The van der Waals surface area contributed by atoms with Gasteiger partial charge in [-0.05, 0) is 32.9 Å². The molecule has 0 fully saturated rings. The second kappa shape index (κ2) is 5.53. The van der Waals surface area contributed by atoms with Gasteiger partial charge in [-0.15, -0.1) is 0 Å². The molecule has 0 radical (unpaired) electrons. The van der Waals surface area contributed by atoms with Crippen molar-refractivity contribution in [3.8, 4) is 5.88 Å². The van der Waals surface area contributed by atoms with E-state index in [-0.39, 0.29) is 0 Å². The maximum Gasteiger partial charge on any atom is 0.237 e. The summed E-state index contributed by atoms with van der Waals surface area (Å²) in [6, 6.07) is 3.85. The first kappa shape index (κ1) is 12.4. The van der Waals surface area contributed by atoms with Crippen LogP contribution < -0.4 is 10.1 Å². The van der Waals surface area contributed by atoms with Gasteiger partial charge in [-0.25, -0.2) is 4.98 Å². The predicted octanol–water partition coefficient (Wildman–Crippen LogP) is 2.43. The molecule has 2 N–H and O–H groups in total. The van der Waals surface area contributed by atoms with Crippen LogP contribution in [-0.4, -0.2) is 21.8 Å². The first-order chi connectivity index (χ1) is 8.72. The van der Waals surface area contributed by atoms with Crippen LogP contribution in [0, 0.1) is 13.8 Å². The Morgan fingerprint density at radius 2 is 2.22 bits per heavy atom. The first-order valence-corrected chi connectivity index (χ1v) is 6.04. The van der Waals surface area contributed by atoms with Crippen LogP contribution >= 0.6 is 0 Å². The van der Waals surface area contributed by atoms with Crippen molar-refractivity contribution in [2.75, 3.05) is 11.9 Å². The van der Waals surface area contributed by atoms with Crippen molar-refractivity contribution in [3.63, 3.8) is 0 Å². The van der Waals surface area contributed by atoms with E-state index >= 15 is 0 Å². The van der Waals surface area contributed by atoms with E-state index in [2.05, 4.69) is 20.5 Å². The van der Waals surface area contributed by atoms with Crippen LogP contribution in [-0.2, 0) is 6.54 Å². The third kappa shape index (κ3) is 2.61. The number of hydrogen-bond acceptors (Lipinski definition) is 4. The fourth-order valence-electron chi connectivity index (χ4n) is 1.80. The summed E-state index contributed by atoms with van der Waals surface area (Å²) in [7, 11) is 0. The van der Waals surface area contributed by atoms with Crippen LogP contribution in [0.15, 0.2) is 18.3 Å². The Morgan fingerprint density at radius 3 is 2.89 bits per heavy atom. The van der Waals surface area contributed by atoms with Gasteiger partial charge in [-0.2, -0.15) is 5.10 Å². The lowest BCUT2D eigenvalue weighted by Crippen LogP contribution is -2.05. The van der Waals surface area contributed by atoms with Crippen molar-refractivity contribution in [2.45, 2.75) is 27.3 Å². The molecule has 2 aromatic rings. The molecule has 0 aliphatic heterocycles. The summed E-state index contributed by atoms with van der Waals surface area (Å²) in [6.45, 7) is 7.27. The van der Waals surface area contributed by atoms with Gasteiger partial charge in [0.25, 0.3) is 0 Å². The number of pyridine rings is 1. The van der Waals surface area contributed by atoms with Gasteiger partial charge in [0, 0.05) is 24.0 Å². The van der Waals surface area contributed by atoms with Gasteiger partial charge in [-0.3, -0.25) is 5.10 Å². The number of aromatic amines is 1. The largest absolute Gasteiger partial charge is 0.476 e. The molecule has 2 aromatic heterocycles. The monoisotopic (exact) mass is 246 g/mol. The van der Waals surface area contributed by atoms with Crippen LogP contribution in [0.1, 0.15) is 23.9 Å². The maximum atomic E-state index is 5.47. The number of rotatable bonds is 5. The van der Waals surface area contributed by atoms with Gasteiger partial charge in [0.05, 0.1) is 18.0 Å². The average molecular weight is 246 g/mol. The molecule has 2 heterocycles. The van der Waals surface area contributed by atoms with E-state index in [1.165, 1.54) is 5.56 Å². The van der Waals surface area contributed by atoms with Gasteiger partial charge >= 0.3 is 0 Å². The summed E-state index contributed by atoms with van der Waals surface area (Å²) in [5.74, 6) is 0.638. The lowest BCUT2D eigenvalue weighted by atomic mass is 10.2. The smallest absolute Gasteiger partial charge is 0.237 e. The number of aromatic nitrogens is 3. The first-order valence-electron chi connectivity index (χ1n) is 6.04. The molecule has 0 saturated heterocycles. The van der Waals surface area contributed by atoms with Crippen molar-refractivity contribution < 1.29 is 4.74 Å². The molecule has 5 heteroatoms. The van der Waals surface area contributed by atoms with E-state index in [1.807, 2.05) is 32.9 Å². The Labute approximate surface area is 107 Å². The number of aryl methyl sites for hydroxylation is 2. The summed E-state index contributed by atoms with van der Waals surface area (Å²) in [4.78, 5) is 4.21. The molecule has 0 bridgehead atoms. The molecule has 5 nitrogen and oxygen atoms in total. The number of nitrogens with one attached hydrogen (secondary N) is 2. The van der Waals surface area contributed by atoms with E-state index in [0.29, 0.717) is 19.0 Å². The summed E-state index contributed by atoms with van der Waals surface area (Å²) in [5, 5.41) is 10.5. The Morgan fingerprint density at radius 1 is 1.39 bits per heavy atom.